The molecule has 16 heavy (non-hydrogen) atoms. The van der Waals surface area contributed by atoms with Crippen molar-refractivity contribution in [2.75, 3.05) is 13.6 Å². The van der Waals surface area contributed by atoms with Crippen molar-refractivity contribution in [3.8, 4) is 0 Å². The summed E-state index contributed by atoms with van der Waals surface area (Å²) in [7, 11) is 2.05. The molecule has 94 valence electrons. The Bertz CT molecular complexity index is 308. The first-order chi connectivity index (χ1) is 6.90. The van der Waals surface area contributed by atoms with Gasteiger partial charge in [0.15, 0.2) is 5.82 Å². The lowest BCUT2D eigenvalue weighted by molar-refractivity contribution is 0.214. The Morgan fingerprint density at radius 1 is 1.38 bits per heavy atom. The van der Waals surface area contributed by atoms with Crippen LogP contribution >= 0.6 is 12.4 Å². The summed E-state index contributed by atoms with van der Waals surface area (Å²) in [5.74, 6) is 1.19. The van der Waals surface area contributed by atoms with Crippen LogP contribution in [-0.2, 0) is 13.1 Å². The normalized spacial score (nSPS) is 11.6. The van der Waals surface area contributed by atoms with E-state index in [-0.39, 0.29) is 17.8 Å². The van der Waals surface area contributed by atoms with Crippen molar-refractivity contribution >= 4 is 12.4 Å². The van der Waals surface area contributed by atoms with Crippen LogP contribution in [0, 0.1) is 5.41 Å². The van der Waals surface area contributed by atoms with E-state index >= 15 is 0 Å². The van der Waals surface area contributed by atoms with E-state index in [1.54, 1.807) is 0 Å². The number of aromatic nitrogens is 2. The third kappa shape index (κ3) is 5.44. The molecule has 1 rings (SSSR count). The molecule has 1 aromatic rings. The Labute approximate surface area is 103 Å². The van der Waals surface area contributed by atoms with Gasteiger partial charge in [0.2, 0.25) is 5.89 Å². The molecule has 0 amide bonds. The number of rotatable bonds is 4. The first kappa shape index (κ1) is 15.3. The molecule has 0 saturated carbocycles. The summed E-state index contributed by atoms with van der Waals surface area (Å²) in [5, 5.41) is 3.85. The largest absolute Gasteiger partial charge is 0.338 e. The Morgan fingerprint density at radius 2 is 2.00 bits per heavy atom. The number of hydrogen-bond acceptors (Lipinski definition) is 5. The highest BCUT2D eigenvalue weighted by Gasteiger charge is 2.15. The zero-order chi connectivity index (χ0) is 11.5. The average molecular weight is 249 g/mol. The van der Waals surface area contributed by atoms with Crippen LogP contribution in [0.2, 0.25) is 0 Å². The summed E-state index contributed by atoms with van der Waals surface area (Å²) in [6.07, 6.45) is 0. The second-order valence-electron chi connectivity index (χ2n) is 5.04. The van der Waals surface area contributed by atoms with Crippen molar-refractivity contribution < 1.29 is 4.52 Å². The molecule has 0 atom stereocenters. The van der Waals surface area contributed by atoms with Gasteiger partial charge in [0, 0.05) is 6.54 Å². The Balaban J connectivity index is 0.00000225. The first-order valence-electron chi connectivity index (χ1n) is 5.11. The topological polar surface area (TPSA) is 68.2 Å². The van der Waals surface area contributed by atoms with Crippen LogP contribution < -0.4 is 5.73 Å². The van der Waals surface area contributed by atoms with Gasteiger partial charge in [0.05, 0.1) is 13.1 Å². The van der Waals surface area contributed by atoms with Crippen LogP contribution in [0.4, 0.5) is 0 Å². The molecule has 0 aliphatic carbocycles. The van der Waals surface area contributed by atoms with Gasteiger partial charge < -0.3 is 10.3 Å². The van der Waals surface area contributed by atoms with Gasteiger partial charge in [-0.25, -0.2) is 0 Å². The summed E-state index contributed by atoms with van der Waals surface area (Å²) in [6.45, 7) is 8.58. The van der Waals surface area contributed by atoms with E-state index in [0.717, 1.165) is 6.54 Å². The van der Waals surface area contributed by atoms with Crippen molar-refractivity contribution in [2.45, 2.75) is 33.9 Å². The second kappa shape index (κ2) is 6.18. The van der Waals surface area contributed by atoms with Gasteiger partial charge in [-0.15, -0.1) is 12.4 Å². The van der Waals surface area contributed by atoms with Gasteiger partial charge >= 0.3 is 0 Å². The Hall–Kier alpha value is -0.650. The maximum Gasteiger partial charge on any atom is 0.240 e. The molecule has 0 spiro atoms. The minimum absolute atomic E-state index is 0. The highest BCUT2D eigenvalue weighted by molar-refractivity contribution is 5.85. The van der Waals surface area contributed by atoms with Crippen LogP contribution in [0.5, 0.6) is 0 Å². The molecule has 2 N–H and O–H groups in total. The van der Waals surface area contributed by atoms with Gasteiger partial charge in [0.25, 0.3) is 0 Å². The summed E-state index contributed by atoms with van der Waals surface area (Å²) in [4.78, 5) is 6.33. The van der Waals surface area contributed by atoms with Crippen LogP contribution in [0.3, 0.4) is 0 Å². The summed E-state index contributed by atoms with van der Waals surface area (Å²) in [6, 6.07) is 0. The molecule has 0 unspecified atom stereocenters. The fourth-order valence-corrected chi connectivity index (χ4v) is 1.54. The number of nitrogens with two attached hydrogens (primary N) is 1. The maximum atomic E-state index is 5.39. The SMILES string of the molecule is CN(Cc1noc(CN)n1)CC(C)(C)C.Cl. The van der Waals surface area contributed by atoms with Gasteiger partial charge in [-0.2, -0.15) is 4.98 Å². The average Bonchev–Trinajstić information content (AvgIpc) is 2.48. The molecule has 0 aliphatic rings. The molecule has 1 aromatic heterocycles. The second-order valence-corrected chi connectivity index (χ2v) is 5.04. The highest BCUT2D eigenvalue weighted by Crippen LogP contribution is 2.15. The van der Waals surface area contributed by atoms with Crippen molar-refractivity contribution in [1.29, 1.82) is 0 Å². The third-order valence-electron chi connectivity index (χ3n) is 1.84. The third-order valence-corrected chi connectivity index (χ3v) is 1.84. The molecule has 6 heteroatoms. The van der Waals surface area contributed by atoms with E-state index in [1.165, 1.54) is 0 Å². The van der Waals surface area contributed by atoms with Crippen molar-refractivity contribution in [1.82, 2.24) is 15.0 Å². The minimum Gasteiger partial charge on any atom is -0.338 e. The summed E-state index contributed by atoms with van der Waals surface area (Å²) >= 11 is 0. The Morgan fingerprint density at radius 3 is 2.44 bits per heavy atom. The number of halogens is 1. The van der Waals surface area contributed by atoms with Crippen molar-refractivity contribution in [2.24, 2.45) is 11.1 Å². The zero-order valence-corrected chi connectivity index (χ0v) is 11.2. The lowest BCUT2D eigenvalue weighted by atomic mass is 9.96. The lowest BCUT2D eigenvalue weighted by Crippen LogP contribution is -2.29. The molecule has 0 aromatic carbocycles. The van der Waals surface area contributed by atoms with Gasteiger partial charge in [0.1, 0.15) is 0 Å². The molecular weight excluding hydrogens is 228 g/mol. The Kier molecular flexibility index (Phi) is 5.92. The molecule has 5 nitrogen and oxygen atoms in total. The predicted molar refractivity (Wildman–Crippen MR) is 65.2 cm³/mol. The van der Waals surface area contributed by atoms with E-state index in [1.807, 2.05) is 7.05 Å². The van der Waals surface area contributed by atoms with E-state index in [2.05, 4.69) is 35.8 Å². The zero-order valence-electron chi connectivity index (χ0n) is 10.4. The molecule has 0 fully saturated rings. The first-order valence-corrected chi connectivity index (χ1v) is 5.11. The minimum atomic E-state index is 0. The van der Waals surface area contributed by atoms with Crippen LogP contribution in [0.25, 0.3) is 0 Å². The fraction of sp³-hybridized carbons (Fsp3) is 0.800. The van der Waals surface area contributed by atoms with E-state index < -0.39 is 0 Å². The molecule has 0 aliphatic heterocycles. The smallest absolute Gasteiger partial charge is 0.240 e. The van der Waals surface area contributed by atoms with Gasteiger partial charge in [-0.3, -0.25) is 4.90 Å². The summed E-state index contributed by atoms with van der Waals surface area (Å²) < 4.78 is 4.93. The molecular formula is C10H21ClN4O. The molecule has 0 bridgehead atoms. The van der Waals surface area contributed by atoms with E-state index in [4.69, 9.17) is 10.3 Å². The highest BCUT2D eigenvalue weighted by atomic mass is 35.5. The van der Waals surface area contributed by atoms with Crippen LogP contribution in [0.15, 0.2) is 4.52 Å². The standard InChI is InChI=1S/C10H20N4O.ClH/c1-10(2,3)7-14(4)6-8-12-9(5-11)15-13-8;/h5-7,11H2,1-4H3;1H. The molecule has 1 heterocycles. The van der Waals surface area contributed by atoms with Crippen molar-refractivity contribution in [3.05, 3.63) is 11.7 Å². The fourth-order valence-electron chi connectivity index (χ4n) is 1.54. The van der Waals surface area contributed by atoms with Crippen LogP contribution in [-0.4, -0.2) is 28.6 Å². The monoisotopic (exact) mass is 248 g/mol. The number of hydrogen-bond donors (Lipinski definition) is 1. The summed E-state index contributed by atoms with van der Waals surface area (Å²) in [5.41, 5.74) is 5.66. The maximum absolute atomic E-state index is 5.39. The number of nitrogens with zero attached hydrogens (tertiary/aromatic N) is 3. The van der Waals surface area contributed by atoms with Crippen LogP contribution in [0.1, 0.15) is 32.5 Å². The lowest BCUT2D eigenvalue weighted by Gasteiger charge is -2.25. The van der Waals surface area contributed by atoms with Gasteiger partial charge in [-0.1, -0.05) is 25.9 Å². The molecule has 0 radical (unpaired) electrons. The van der Waals surface area contributed by atoms with Gasteiger partial charge in [-0.05, 0) is 12.5 Å². The quantitative estimate of drug-likeness (QED) is 0.873. The predicted octanol–water partition coefficient (Wildman–Crippen LogP) is 1.43. The van der Waals surface area contributed by atoms with E-state index in [9.17, 15) is 0 Å². The van der Waals surface area contributed by atoms with Crippen molar-refractivity contribution in [3.63, 3.8) is 0 Å². The molecule has 0 saturated heterocycles. The van der Waals surface area contributed by atoms with E-state index in [0.29, 0.717) is 24.8 Å².